The van der Waals surface area contributed by atoms with E-state index < -0.39 is 17.5 Å². The van der Waals surface area contributed by atoms with Crippen LogP contribution in [0.2, 0.25) is 0 Å². The van der Waals surface area contributed by atoms with Crippen LogP contribution in [0.5, 0.6) is 0 Å². The molecule has 2 heterocycles. The number of carbonyl (C=O) groups excluding carboxylic acids is 1. The number of halogens is 3. The van der Waals surface area contributed by atoms with Crippen molar-refractivity contribution in [3.8, 4) is 0 Å². The lowest BCUT2D eigenvalue weighted by Gasteiger charge is -2.44. The SMILES string of the molecule is Cc1cnc(CCNC(=O)N2CCC(C(F)(F)F)C(C)(C)C2)s1. The molecule has 1 unspecified atom stereocenters. The fraction of sp³-hybridized carbons (Fsp3) is 0.733. The summed E-state index contributed by atoms with van der Waals surface area (Å²) in [5.74, 6) is -1.36. The third-order valence-electron chi connectivity index (χ3n) is 4.20. The van der Waals surface area contributed by atoms with E-state index in [4.69, 9.17) is 0 Å². The molecule has 2 rings (SSSR count). The Balaban J connectivity index is 1.84. The molecule has 0 saturated carbocycles. The van der Waals surface area contributed by atoms with E-state index in [1.807, 2.05) is 6.92 Å². The summed E-state index contributed by atoms with van der Waals surface area (Å²) < 4.78 is 39.1. The molecule has 1 fully saturated rings. The number of hydrogen-bond acceptors (Lipinski definition) is 3. The smallest absolute Gasteiger partial charge is 0.338 e. The zero-order chi connectivity index (χ0) is 17.3. The monoisotopic (exact) mass is 349 g/mol. The molecular weight excluding hydrogens is 327 g/mol. The molecule has 1 N–H and O–H groups in total. The largest absolute Gasteiger partial charge is 0.392 e. The molecule has 1 atom stereocenters. The average molecular weight is 349 g/mol. The van der Waals surface area contributed by atoms with Crippen molar-refractivity contribution in [3.63, 3.8) is 0 Å². The quantitative estimate of drug-likeness (QED) is 0.906. The Morgan fingerprint density at radius 2 is 2.22 bits per heavy atom. The van der Waals surface area contributed by atoms with Crippen molar-refractivity contribution in [1.82, 2.24) is 15.2 Å². The molecule has 1 aromatic heterocycles. The van der Waals surface area contributed by atoms with Gasteiger partial charge in [0, 0.05) is 37.1 Å². The molecule has 0 aliphatic carbocycles. The van der Waals surface area contributed by atoms with E-state index in [1.165, 1.54) is 4.90 Å². The third kappa shape index (κ3) is 4.59. The summed E-state index contributed by atoms with van der Waals surface area (Å²) in [6.07, 6.45) is -1.84. The standard InChI is InChI=1S/C15H22F3N3OS/c1-10-8-20-12(23-10)4-6-19-13(22)21-7-5-11(15(16,17)18)14(2,3)9-21/h8,11H,4-7,9H2,1-3H3,(H,19,22). The van der Waals surface area contributed by atoms with Crippen molar-refractivity contribution in [3.05, 3.63) is 16.1 Å². The number of nitrogens with one attached hydrogen (secondary N) is 1. The van der Waals surface area contributed by atoms with E-state index in [9.17, 15) is 18.0 Å². The topological polar surface area (TPSA) is 45.2 Å². The number of likely N-dealkylation sites (tertiary alicyclic amines) is 1. The highest BCUT2D eigenvalue weighted by atomic mass is 32.1. The lowest BCUT2D eigenvalue weighted by Crippen LogP contribution is -2.54. The molecule has 8 heteroatoms. The fourth-order valence-electron chi connectivity index (χ4n) is 3.04. The Morgan fingerprint density at radius 3 is 2.74 bits per heavy atom. The Kier molecular flexibility index (Phi) is 5.23. The fourth-order valence-corrected chi connectivity index (χ4v) is 3.83. The first-order valence-corrected chi connectivity index (χ1v) is 8.42. The zero-order valence-corrected chi connectivity index (χ0v) is 14.4. The summed E-state index contributed by atoms with van der Waals surface area (Å²) in [6, 6.07) is -0.299. The summed E-state index contributed by atoms with van der Waals surface area (Å²) in [7, 11) is 0. The lowest BCUT2D eigenvalue weighted by atomic mass is 9.73. The van der Waals surface area contributed by atoms with Gasteiger partial charge in [0.1, 0.15) is 0 Å². The van der Waals surface area contributed by atoms with Gasteiger partial charge in [-0.05, 0) is 18.8 Å². The van der Waals surface area contributed by atoms with Crippen LogP contribution in [-0.4, -0.2) is 41.7 Å². The Bertz CT molecular complexity index is 556. The van der Waals surface area contributed by atoms with E-state index in [2.05, 4.69) is 10.3 Å². The summed E-state index contributed by atoms with van der Waals surface area (Å²) in [4.78, 5) is 19.0. The number of hydrogen-bond donors (Lipinski definition) is 1. The van der Waals surface area contributed by atoms with Crippen LogP contribution in [0.15, 0.2) is 6.20 Å². The Hall–Kier alpha value is -1.31. The minimum absolute atomic E-state index is 0.0460. The normalized spacial score (nSPS) is 21.3. The maximum absolute atomic E-state index is 13.0. The molecule has 4 nitrogen and oxygen atoms in total. The second-order valence-electron chi connectivity index (χ2n) is 6.64. The van der Waals surface area contributed by atoms with Crippen molar-refractivity contribution in [2.45, 2.75) is 39.8 Å². The first kappa shape index (κ1) is 18.0. The van der Waals surface area contributed by atoms with Crippen molar-refractivity contribution in [2.24, 2.45) is 11.3 Å². The molecule has 1 aliphatic rings. The van der Waals surface area contributed by atoms with Crippen molar-refractivity contribution >= 4 is 17.4 Å². The Labute approximate surface area is 138 Å². The average Bonchev–Trinajstić information content (AvgIpc) is 2.81. The highest BCUT2D eigenvalue weighted by molar-refractivity contribution is 7.11. The van der Waals surface area contributed by atoms with Crippen LogP contribution in [0.3, 0.4) is 0 Å². The number of aryl methyl sites for hydroxylation is 1. The van der Waals surface area contributed by atoms with Crippen LogP contribution >= 0.6 is 11.3 Å². The number of amides is 2. The lowest BCUT2D eigenvalue weighted by molar-refractivity contribution is -0.214. The molecular formula is C15H22F3N3OS. The van der Waals surface area contributed by atoms with E-state index >= 15 is 0 Å². The van der Waals surface area contributed by atoms with Gasteiger partial charge in [0.15, 0.2) is 0 Å². The van der Waals surface area contributed by atoms with E-state index in [0.29, 0.717) is 13.0 Å². The van der Waals surface area contributed by atoms with Crippen molar-refractivity contribution in [1.29, 1.82) is 0 Å². The van der Waals surface area contributed by atoms with Crippen LogP contribution in [0.25, 0.3) is 0 Å². The first-order valence-electron chi connectivity index (χ1n) is 7.60. The van der Waals surface area contributed by atoms with Crippen LogP contribution in [0, 0.1) is 18.3 Å². The van der Waals surface area contributed by atoms with Gasteiger partial charge < -0.3 is 10.2 Å². The van der Waals surface area contributed by atoms with Gasteiger partial charge in [-0.3, -0.25) is 0 Å². The molecule has 0 radical (unpaired) electrons. The highest BCUT2D eigenvalue weighted by Gasteiger charge is 2.51. The molecule has 0 aromatic carbocycles. The molecule has 1 saturated heterocycles. The number of thiazole rings is 1. The van der Waals surface area contributed by atoms with Crippen LogP contribution in [-0.2, 0) is 6.42 Å². The minimum Gasteiger partial charge on any atom is -0.338 e. The predicted molar refractivity (Wildman–Crippen MR) is 83.5 cm³/mol. The molecule has 0 bridgehead atoms. The van der Waals surface area contributed by atoms with Gasteiger partial charge in [0.05, 0.1) is 10.9 Å². The van der Waals surface area contributed by atoms with E-state index in [-0.39, 0.29) is 25.5 Å². The number of nitrogens with zero attached hydrogens (tertiary/aromatic N) is 2. The minimum atomic E-state index is -4.21. The molecule has 1 aliphatic heterocycles. The zero-order valence-electron chi connectivity index (χ0n) is 13.5. The molecule has 2 amide bonds. The van der Waals surface area contributed by atoms with Gasteiger partial charge in [-0.15, -0.1) is 11.3 Å². The summed E-state index contributed by atoms with van der Waals surface area (Å²) in [5.41, 5.74) is -0.972. The van der Waals surface area contributed by atoms with Gasteiger partial charge in [0.25, 0.3) is 0 Å². The summed E-state index contributed by atoms with van der Waals surface area (Å²) >= 11 is 1.58. The molecule has 23 heavy (non-hydrogen) atoms. The van der Waals surface area contributed by atoms with Crippen LogP contribution in [0.1, 0.15) is 30.2 Å². The van der Waals surface area contributed by atoms with Crippen LogP contribution in [0.4, 0.5) is 18.0 Å². The second-order valence-corrected chi connectivity index (χ2v) is 7.96. The Morgan fingerprint density at radius 1 is 1.52 bits per heavy atom. The summed E-state index contributed by atoms with van der Waals surface area (Å²) in [5, 5.41) is 3.72. The van der Waals surface area contributed by atoms with Gasteiger partial charge in [-0.25, -0.2) is 9.78 Å². The molecule has 1 aromatic rings. The summed E-state index contributed by atoms with van der Waals surface area (Å²) in [6.45, 7) is 5.79. The van der Waals surface area contributed by atoms with E-state index in [0.717, 1.165) is 9.88 Å². The first-order chi connectivity index (χ1) is 10.6. The second kappa shape index (κ2) is 6.67. The highest BCUT2D eigenvalue weighted by Crippen LogP contribution is 2.44. The number of urea groups is 1. The van der Waals surface area contributed by atoms with Crippen LogP contribution < -0.4 is 5.32 Å². The van der Waals surface area contributed by atoms with Gasteiger partial charge in [0.2, 0.25) is 0 Å². The van der Waals surface area contributed by atoms with E-state index in [1.54, 1.807) is 31.4 Å². The number of aromatic nitrogens is 1. The third-order valence-corrected chi connectivity index (χ3v) is 5.17. The van der Waals surface area contributed by atoms with Gasteiger partial charge >= 0.3 is 12.2 Å². The van der Waals surface area contributed by atoms with Gasteiger partial charge in [-0.2, -0.15) is 13.2 Å². The number of carbonyl (C=O) groups is 1. The van der Waals surface area contributed by atoms with Crippen molar-refractivity contribution in [2.75, 3.05) is 19.6 Å². The number of piperidine rings is 1. The number of rotatable bonds is 3. The maximum atomic E-state index is 13.0. The predicted octanol–water partition coefficient (Wildman–Crippen LogP) is 3.61. The molecule has 130 valence electrons. The van der Waals surface area contributed by atoms with Gasteiger partial charge in [-0.1, -0.05) is 13.8 Å². The number of alkyl halides is 3. The molecule has 0 spiro atoms. The van der Waals surface area contributed by atoms with Crippen molar-refractivity contribution < 1.29 is 18.0 Å². The maximum Gasteiger partial charge on any atom is 0.392 e.